The van der Waals surface area contributed by atoms with Crippen molar-refractivity contribution in [2.45, 2.75) is 91.4 Å². The van der Waals surface area contributed by atoms with E-state index in [9.17, 15) is 0 Å². The van der Waals surface area contributed by atoms with Crippen molar-refractivity contribution in [2.75, 3.05) is 24.6 Å². The maximum atomic E-state index is 2.47. The standard InChI is InChI=1S/C18H40P2.2BrH/c1-9-11-13-19(17(3,4)5)15-16-20(14-12-10-2)18(6,7)8;;/h9-16H2,1-8H3;2*1H. The second kappa shape index (κ2) is 14.0. The van der Waals surface area contributed by atoms with Crippen molar-refractivity contribution in [1.82, 2.24) is 0 Å². The van der Waals surface area contributed by atoms with Gasteiger partial charge in [0.15, 0.2) is 0 Å². The Morgan fingerprint density at radius 3 is 1.00 bits per heavy atom. The Hall–Kier alpha value is 1.82. The normalized spacial score (nSPS) is 14.7. The van der Waals surface area contributed by atoms with E-state index in [1.165, 1.54) is 50.3 Å². The zero-order valence-corrected chi connectivity index (χ0v) is 21.6. The Morgan fingerprint density at radius 2 is 0.818 bits per heavy atom. The zero-order chi connectivity index (χ0) is 15.8. The predicted molar refractivity (Wildman–Crippen MR) is 123 cm³/mol. The van der Waals surface area contributed by atoms with Gasteiger partial charge in [0.05, 0.1) is 0 Å². The van der Waals surface area contributed by atoms with Gasteiger partial charge in [0, 0.05) is 0 Å². The molecule has 0 heterocycles. The first-order valence-corrected chi connectivity index (χ1v) is 12.1. The highest BCUT2D eigenvalue weighted by Gasteiger charge is 2.27. The number of rotatable bonds is 9. The Balaban J connectivity index is -0.00000180. The average Bonchev–Trinajstić information content (AvgIpc) is 2.29. The van der Waals surface area contributed by atoms with Gasteiger partial charge < -0.3 is 0 Å². The largest absolute Gasteiger partial charge is 0.114 e. The zero-order valence-electron chi connectivity index (χ0n) is 16.4. The van der Waals surface area contributed by atoms with E-state index in [2.05, 4.69) is 55.4 Å². The van der Waals surface area contributed by atoms with E-state index in [4.69, 9.17) is 0 Å². The van der Waals surface area contributed by atoms with E-state index in [1.807, 2.05) is 0 Å². The molecule has 0 aliphatic carbocycles. The Bertz CT molecular complexity index is 218. The van der Waals surface area contributed by atoms with Crippen LogP contribution in [0.1, 0.15) is 81.1 Å². The molecule has 22 heavy (non-hydrogen) atoms. The van der Waals surface area contributed by atoms with Crippen LogP contribution in [0.3, 0.4) is 0 Å². The third-order valence-corrected chi connectivity index (χ3v) is 11.5. The Morgan fingerprint density at radius 1 is 0.545 bits per heavy atom. The maximum Gasteiger partial charge on any atom is -0.0179 e. The molecule has 0 radical (unpaired) electrons. The van der Waals surface area contributed by atoms with Crippen LogP contribution in [-0.4, -0.2) is 35.0 Å². The summed E-state index contributed by atoms with van der Waals surface area (Å²) < 4.78 is 0. The van der Waals surface area contributed by atoms with Gasteiger partial charge in [-0.3, -0.25) is 0 Å². The molecule has 0 aromatic heterocycles. The Kier molecular flexibility index (Phi) is 18.3. The summed E-state index contributed by atoms with van der Waals surface area (Å²) in [7, 11) is 0.428. The molecule has 0 rings (SSSR count). The molecule has 2 atom stereocenters. The highest BCUT2D eigenvalue weighted by atomic mass is 79.9. The van der Waals surface area contributed by atoms with Crippen LogP contribution in [0.4, 0.5) is 0 Å². The highest BCUT2D eigenvalue weighted by molar-refractivity contribution is 8.93. The highest BCUT2D eigenvalue weighted by Crippen LogP contribution is 2.56. The van der Waals surface area contributed by atoms with Crippen LogP contribution < -0.4 is 0 Å². The molecule has 0 bridgehead atoms. The summed E-state index contributed by atoms with van der Waals surface area (Å²) in [5.74, 6) is 0. The average molecular weight is 480 g/mol. The molecule has 0 saturated heterocycles. The van der Waals surface area contributed by atoms with Crippen LogP contribution in [0.2, 0.25) is 0 Å². The van der Waals surface area contributed by atoms with Crippen LogP contribution in [0, 0.1) is 0 Å². The molecule has 0 spiro atoms. The van der Waals surface area contributed by atoms with E-state index in [1.54, 1.807) is 0 Å². The summed E-state index contributed by atoms with van der Waals surface area (Å²) in [6, 6.07) is 0. The number of halogens is 2. The van der Waals surface area contributed by atoms with Crippen molar-refractivity contribution in [2.24, 2.45) is 0 Å². The van der Waals surface area contributed by atoms with E-state index >= 15 is 0 Å². The third-order valence-electron chi connectivity index (χ3n) is 4.10. The number of hydrogen-bond acceptors (Lipinski definition) is 0. The molecule has 0 saturated carbocycles. The number of unbranched alkanes of at least 4 members (excludes halogenated alkanes) is 2. The summed E-state index contributed by atoms with van der Waals surface area (Å²) in [5.41, 5.74) is 0. The van der Waals surface area contributed by atoms with Crippen LogP contribution in [0.25, 0.3) is 0 Å². The first-order valence-electron chi connectivity index (χ1n) is 8.63. The van der Waals surface area contributed by atoms with Crippen LogP contribution >= 0.6 is 49.8 Å². The molecule has 0 aromatic rings. The molecule has 0 N–H and O–H groups in total. The lowest BCUT2D eigenvalue weighted by atomic mass is 10.3. The van der Waals surface area contributed by atoms with Gasteiger partial charge in [0.2, 0.25) is 0 Å². The summed E-state index contributed by atoms with van der Waals surface area (Å²) >= 11 is 0. The van der Waals surface area contributed by atoms with Gasteiger partial charge in [-0.25, -0.2) is 0 Å². The molecular weight excluding hydrogens is 438 g/mol. The smallest absolute Gasteiger partial charge is 0.0179 e. The van der Waals surface area contributed by atoms with Crippen molar-refractivity contribution >= 4 is 49.8 Å². The SMILES string of the molecule is Br.Br.CCCCP(CCP(CCCC)C(C)(C)C)C(C)(C)C. The summed E-state index contributed by atoms with van der Waals surface area (Å²) in [6.45, 7) is 19.5. The molecule has 4 heteroatoms. The number of hydrogen-bond donors (Lipinski definition) is 0. The molecule has 0 aliphatic heterocycles. The molecule has 0 fully saturated rings. The first-order chi connectivity index (χ1) is 9.12. The van der Waals surface area contributed by atoms with E-state index < -0.39 is 0 Å². The van der Waals surface area contributed by atoms with Gasteiger partial charge in [-0.05, 0) is 47.8 Å². The molecule has 138 valence electrons. The molecule has 0 aromatic carbocycles. The molecule has 0 aliphatic rings. The third kappa shape index (κ3) is 13.1. The molecule has 0 nitrogen and oxygen atoms in total. The van der Waals surface area contributed by atoms with Gasteiger partial charge in [0.1, 0.15) is 0 Å². The predicted octanol–water partition coefficient (Wildman–Crippen LogP) is 8.30. The Labute approximate surface area is 165 Å². The van der Waals surface area contributed by atoms with E-state index in [0.29, 0.717) is 10.3 Å². The molecule has 0 amide bonds. The first kappa shape index (κ1) is 28.6. The fourth-order valence-corrected chi connectivity index (χ4v) is 8.96. The van der Waals surface area contributed by atoms with Crippen molar-refractivity contribution in [3.05, 3.63) is 0 Å². The van der Waals surface area contributed by atoms with Gasteiger partial charge in [0.25, 0.3) is 0 Å². The minimum Gasteiger partial charge on any atom is -0.114 e. The summed E-state index contributed by atoms with van der Waals surface area (Å²) in [4.78, 5) is 0. The summed E-state index contributed by atoms with van der Waals surface area (Å²) in [5, 5.41) is 1.10. The second-order valence-electron chi connectivity index (χ2n) is 8.02. The van der Waals surface area contributed by atoms with Gasteiger partial charge in [-0.1, -0.05) is 68.2 Å². The molecule has 2 unspecified atom stereocenters. The van der Waals surface area contributed by atoms with Gasteiger partial charge in [-0.15, -0.1) is 49.8 Å². The topological polar surface area (TPSA) is 0 Å². The fourth-order valence-electron chi connectivity index (χ4n) is 2.50. The maximum absolute atomic E-state index is 2.47. The lowest BCUT2D eigenvalue weighted by Crippen LogP contribution is -2.20. The summed E-state index contributed by atoms with van der Waals surface area (Å²) in [6.07, 6.45) is 11.6. The van der Waals surface area contributed by atoms with Crippen LogP contribution in [0.15, 0.2) is 0 Å². The minimum absolute atomic E-state index is 0. The van der Waals surface area contributed by atoms with Crippen LogP contribution in [0.5, 0.6) is 0 Å². The quantitative estimate of drug-likeness (QED) is 0.291. The van der Waals surface area contributed by atoms with Crippen molar-refractivity contribution in [1.29, 1.82) is 0 Å². The lowest BCUT2D eigenvalue weighted by molar-refractivity contribution is 0.761. The van der Waals surface area contributed by atoms with Crippen molar-refractivity contribution in [3.63, 3.8) is 0 Å². The lowest BCUT2D eigenvalue weighted by Gasteiger charge is -2.36. The van der Waals surface area contributed by atoms with Crippen LogP contribution in [-0.2, 0) is 0 Å². The van der Waals surface area contributed by atoms with Gasteiger partial charge in [-0.2, -0.15) is 0 Å². The van der Waals surface area contributed by atoms with E-state index in [0.717, 1.165) is 0 Å². The van der Waals surface area contributed by atoms with Crippen molar-refractivity contribution < 1.29 is 0 Å². The minimum atomic E-state index is 0. The second-order valence-corrected chi connectivity index (χ2v) is 14.7. The van der Waals surface area contributed by atoms with E-state index in [-0.39, 0.29) is 49.8 Å². The molecular formula is C18H42Br2P2. The fraction of sp³-hybridized carbons (Fsp3) is 1.00. The van der Waals surface area contributed by atoms with Gasteiger partial charge >= 0.3 is 0 Å². The monoisotopic (exact) mass is 478 g/mol. The van der Waals surface area contributed by atoms with Crippen molar-refractivity contribution in [3.8, 4) is 0 Å².